The van der Waals surface area contributed by atoms with E-state index in [0.29, 0.717) is 5.56 Å². The summed E-state index contributed by atoms with van der Waals surface area (Å²) in [6.07, 6.45) is 0. The number of aliphatic carboxylic acids is 1. The van der Waals surface area contributed by atoms with Crippen molar-refractivity contribution >= 4 is 11.7 Å². The van der Waals surface area contributed by atoms with Crippen LogP contribution in [0.1, 0.15) is 19.4 Å². The molecule has 0 aliphatic carbocycles. The van der Waals surface area contributed by atoms with Crippen LogP contribution in [-0.4, -0.2) is 21.1 Å². The van der Waals surface area contributed by atoms with E-state index in [-0.39, 0.29) is 0 Å². The maximum absolute atomic E-state index is 10.9. The molecule has 0 fully saturated rings. The SMILES string of the molecule is CC(C)(C(=O)O)c1ccc([N+](=O)[O-])c(O)c1. The first kappa shape index (κ1) is 12.0. The van der Waals surface area contributed by atoms with Gasteiger partial charge in [-0.3, -0.25) is 14.9 Å². The molecule has 6 heteroatoms. The Hall–Kier alpha value is -2.11. The molecule has 0 aromatic heterocycles. The van der Waals surface area contributed by atoms with E-state index in [0.717, 1.165) is 12.1 Å². The van der Waals surface area contributed by atoms with Crippen molar-refractivity contribution in [3.8, 4) is 5.75 Å². The number of phenols is 1. The Labute approximate surface area is 91.3 Å². The van der Waals surface area contributed by atoms with Gasteiger partial charge in [-0.05, 0) is 25.5 Å². The molecule has 0 spiro atoms. The van der Waals surface area contributed by atoms with Gasteiger partial charge in [0.15, 0.2) is 5.75 Å². The van der Waals surface area contributed by atoms with Crippen molar-refractivity contribution in [2.45, 2.75) is 19.3 Å². The lowest BCUT2D eigenvalue weighted by Gasteiger charge is -2.19. The van der Waals surface area contributed by atoms with Crippen LogP contribution in [0.3, 0.4) is 0 Å². The molecule has 2 N–H and O–H groups in total. The van der Waals surface area contributed by atoms with Crippen LogP contribution >= 0.6 is 0 Å². The van der Waals surface area contributed by atoms with Gasteiger partial charge in [-0.25, -0.2) is 0 Å². The summed E-state index contributed by atoms with van der Waals surface area (Å²) in [5.41, 5.74) is -1.33. The number of phenolic OH excluding ortho intramolecular Hbond substituents is 1. The van der Waals surface area contributed by atoms with Gasteiger partial charge >= 0.3 is 11.7 Å². The highest BCUT2D eigenvalue weighted by Gasteiger charge is 2.31. The number of nitrogens with zero attached hydrogens (tertiary/aromatic N) is 1. The number of carboxylic acids is 1. The summed E-state index contributed by atoms with van der Waals surface area (Å²) in [6, 6.07) is 3.52. The maximum atomic E-state index is 10.9. The monoisotopic (exact) mass is 225 g/mol. The molecule has 0 radical (unpaired) electrons. The lowest BCUT2D eigenvalue weighted by molar-refractivity contribution is -0.385. The second kappa shape index (κ2) is 3.80. The Balaban J connectivity index is 3.26. The van der Waals surface area contributed by atoms with Crippen LogP contribution in [0.25, 0.3) is 0 Å². The molecule has 0 saturated carbocycles. The van der Waals surface area contributed by atoms with E-state index in [1.807, 2.05) is 0 Å². The van der Waals surface area contributed by atoms with Gasteiger partial charge in [-0.15, -0.1) is 0 Å². The van der Waals surface area contributed by atoms with Crippen molar-refractivity contribution < 1.29 is 19.9 Å². The number of carbonyl (C=O) groups is 1. The van der Waals surface area contributed by atoms with E-state index >= 15 is 0 Å². The Morgan fingerprint density at radius 2 is 2.00 bits per heavy atom. The summed E-state index contributed by atoms with van der Waals surface area (Å²) in [5.74, 6) is -1.60. The van der Waals surface area contributed by atoms with Gasteiger partial charge in [0, 0.05) is 6.07 Å². The molecule has 0 aliphatic rings. The van der Waals surface area contributed by atoms with Crippen molar-refractivity contribution in [1.29, 1.82) is 0 Å². The van der Waals surface area contributed by atoms with Crippen molar-refractivity contribution in [3.05, 3.63) is 33.9 Å². The quantitative estimate of drug-likeness (QED) is 0.601. The zero-order valence-electron chi connectivity index (χ0n) is 8.80. The number of nitro benzene ring substituents is 1. The van der Waals surface area contributed by atoms with Crippen LogP contribution in [0.4, 0.5) is 5.69 Å². The van der Waals surface area contributed by atoms with Gasteiger partial charge in [-0.1, -0.05) is 6.07 Å². The molecule has 0 unspecified atom stereocenters. The van der Waals surface area contributed by atoms with Crippen LogP contribution in [-0.2, 0) is 10.2 Å². The van der Waals surface area contributed by atoms with Gasteiger partial charge < -0.3 is 10.2 Å². The predicted octanol–water partition coefficient (Wildman–Crippen LogP) is 1.66. The maximum Gasteiger partial charge on any atom is 0.313 e. The molecule has 16 heavy (non-hydrogen) atoms. The molecule has 6 nitrogen and oxygen atoms in total. The Morgan fingerprint density at radius 3 is 2.38 bits per heavy atom. The van der Waals surface area contributed by atoms with Gasteiger partial charge in [0.2, 0.25) is 0 Å². The molecule has 0 bridgehead atoms. The number of rotatable bonds is 3. The van der Waals surface area contributed by atoms with E-state index in [2.05, 4.69) is 0 Å². The molecular formula is C10H11NO5. The fourth-order valence-corrected chi connectivity index (χ4v) is 1.19. The molecule has 1 aromatic rings. The van der Waals surface area contributed by atoms with E-state index in [1.54, 1.807) is 0 Å². The molecule has 1 aromatic carbocycles. The van der Waals surface area contributed by atoms with E-state index in [9.17, 15) is 20.0 Å². The zero-order valence-corrected chi connectivity index (χ0v) is 8.80. The summed E-state index contributed by atoms with van der Waals surface area (Å²) in [5, 5.41) is 28.8. The number of hydrogen-bond acceptors (Lipinski definition) is 4. The standard InChI is InChI=1S/C10H11NO5/c1-10(2,9(13)14)6-3-4-7(11(15)16)8(12)5-6/h3-5,12H,1-2H3,(H,13,14). The lowest BCUT2D eigenvalue weighted by atomic mass is 9.84. The minimum absolute atomic E-state index is 0.308. The number of hydrogen-bond donors (Lipinski definition) is 2. The smallest absolute Gasteiger partial charge is 0.313 e. The summed E-state index contributed by atoms with van der Waals surface area (Å²) in [7, 11) is 0. The topological polar surface area (TPSA) is 101 Å². The fourth-order valence-electron chi connectivity index (χ4n) is 1.19. The van der Waals surface area contributed by atoms with Crippen molar-refractivity contribution in [2.75, 3.05) is 0 Å². The second-order valence-corrected chi connectivity index (χ2v) is 3.89. The summed E-state index contributed by atoms with van der Waals surface area (Å²) in [6.45, 7) is 2.91. The molecule has 86 valence electrons. The third-order valence-corrected chi connectivity index (χ3v) is 2.43. The largest absolute Gasteiger partial charge is 0.502 e. The van der Waals surface area contributed by atoms with Crippen LogP contribution < -0.4 is 0 Å². The Kier molecular flexibility index (Phi) is 2.84. The van der Waals surface area contributed by atoms with Crippen LogP contribution in [0.15, 0.2) is 18.2 Å². The first-order valence-electron chi connectivity index (χ1n) is 4.48. The minimum atomic E-state index is -1.20. The first-order chi connectivity index (χ1) is 7.26. The molecule has 1 rings (SSSR count). The second-order valence-electron chi connectivity index (χ2n) is 3.89. The molecule has 0 saturated heterocycles. The summed E-state index contributed by atoms with van der Waals surface area (Å²) in [4.78, 5) is 20.7. The minimum Gasteiger partial charge on any atom is -0.502 e. The number of nitro groups is 1. The van der Waals surface area contributed by atoms with Gasteiger partial charge in [0.05, 0.1) is 10.3 Å². The normalized spacial score (nSPS) is 11.1. The average molecular weight is 225 g/mol. The third kappa shape index (κ3) is 1.95. The van der Waals surface area contributed by atoms with Gasteiger partial charge in [0.1, 0.15) is 0 Å². The van der Waals surface area contributed by atoms with E-state index in [4.69, 9.17) is 5.11 Å². The van der Waals surface area contributed by atoms with Crippen molar-refractivity contribution in [1.82, 2.24) is 0 Å². The molecular weight excluding hydrogens is 214 g/mol. The van der Waals surface area contributed by atoms with E-state index < -0.39 is 27.7 Å². The zero-order chi connectivity index (χ0) is 12.5. The highest BCUT2D eigenvalue weighted by Crippen LogP contribution is 2.32. The fraction of sp³-hybridized carbons (Fsp3) is 0.300. The van der Waals surface area contributed by atoms with Crippen LogP contribution in [0.2, 0.25) is 0 Å². The van der Waals surface area contributed by atoms with Crippen molar-refractivity contribution in [2.24, 2.45) is 0 Å². The Morgan fingerprint density at radius 1 is 1.44 bits per heavy atom. The van der Waals surface area contributed by atoms with Crippen LogP contribution in [0, 0.1) is 10.1 Å². The lowest BCUT2D eigenvalue weighted by Crippen LogP contribution is -2.28. The Bertz CT molecular complexity index is 453. The molecule has 0 amide bonds. The van der Waals surface area contributed by atoms with Gasteiger partial charge in [0.25, 0.3) is 0 Å². The molecule has 0 aliphatic heterocycles. The third-order valence-electron chi connectivity index (χ3n) is 2.43. The number of benzene rings is 1. The van der Waals surface area contributed by atoms with Crippen molar-refractivity contribution in [3.63, 3.8) is 0 Å². The molecule has 0 heterocycles. The average Bonchev–Trinajstić information content (AvgIpc) is 2.16. The van der Waals surface area contributed by atoms with Gasteiger partial charge in [-0.2, -0.15) is 0 Å². The summed E-state index contributed by atoms with van der Waals surface area (Å²) >= 11 is 0. The summed E-state index contributed by atoms with van der Waals surface area (Å²) < 4.78 is 0. The number of aromatic hydroxyl groups is 1. The van der Waals surface area contributed by atoms with Crippen LogP contribution in [0.5, 0.6) is 5.75 Å². The highest BCUT2D eigenvalue weighted by atomic mass is 16.6. The molecule has 0 atom stereocenters. The van der Waals surface area contributed by atoms with E-state index in [1.165, 1.54) is 19.9 Å². The first-order valence-corrected chi connectivity index (χ1v) is 4.48. The number of carboxylic acid groups (broad SMARTS) is 1. The predicted molar refractivity (Wildman–Crippen MR) is 55.4 cm³/mol. The highest BCUT2D eigenvalue weighted by molar-refractivity contribution is 5.80.